The van der Waals surface area contributed by atoms with Crippen molar-refractivity contribution in [2.24, 2.45) is 7.05 Å². The van der Waals surface area contributed by atoms with Crippen molar-refractivity contribution in [2.45, 2.75) is 24.9 Å². The first kappa shape index (κ1) is 13.2. The van der Waals surface area contributed by atoms with Crippen LogP contribution in [0.3, 0.4) is 0 Å². The molecule has 12 heteroatoms. The predicted molar refractivity (Wildman–Crippen MR) is 61.1 cm³/mol. The van der Waals surface area contributed by atoms with E-state index in [0.717, 1.165) is 0 Å². The number of fused-ring (bicyclic) bond motifs is 2. The summed E-state index contributed by atoms with van der Waals surface area (Å²) in [5.41, 5.74) is 0. The molecule has 1 aromatic heterocycles. The van der Waals surface area contributed by atoms with Gasteiger partial charge in [0.05, 0.1) is 12.1 Å². The van der Waals surface area contributed by atoms with Crippen LogP contribution in [0.25, 0.3) is 0 Å². The molecule has 11 nitrogen and oxygen atoms in total. The Morgan fingerprint density at radius 1 is 1.40 bits per heavy atom. The van der Waals surface area contributed by atoms with Crippen LogP contribution >= 0.6 is 0 Å². The minimum Gasteiger partial charge on any atom is -0.310 e. The average Bonchev–Trinajstić information content (AvgIpc) is 2.87. The largest absolute Gasteiger partial charge is 0.418 e. The fourth-order valence-corrected chi connectivity index (χ4v) is 3.01. The van der Waals surface area contributed by atoms with Gasteiger partial charge < -0.3 is 4.90 Å². The molecule has 1 aromatic rings. The summed E-state index contributed by atoms with van der Waals surface area (Å²) in [6.07, 6.45) is 1.10. The number of tetrazole rings is 1. The van der Waals surface area contributed by atoms with Crippen molar-refractivity contribution in [3.05, 3.63) is 5.82 Å². The monoisotopic (exact) mass is 304 g/mol. The number of urea groups is 1. The summed E-state index contributed by atoms with van der Waals surface area (Å²) >= 11 is 0. The highest BCUT2D eigenvalue weighted by atomic mass is 32.3. The van der Waals surface area contributed by atoms with Crippen molar-refractivity contribution in [1.29, 1.82) is 0 Å². The van der Waals surface area contributed by atoms with Crippen molar-refractivity contribution in [3.8, 4) is 0 Å². The fourth-order valence-electron chi connectivity index (χ4n) is 2.62. The topological polar surface area (TPSA) is 131 Å². The van der Waals surface area contributed by atoms with Crippen LogP contribution in [0.4, 0.5) is 4.79 Å². The van der Waals surface area contributed by atoms with Crippen LogP contribution in [0.1, 0.15) is 24.7 Å². The van der Waals surface area contributed by atoms with Crippen LogP contribution in [-0.4, -0.2) is 61.8 Å². The lowest BCUT2D eigenvalue weighted by atomic mass is 10.0. The number of hydroxylamine groups is 2. The van der Waals surface area contributed by atoms with Gasteiger partial charge in [-0.15, -0.1) is 9.38 Å². The van der Waals surface area contributed by atoms with E-state index in [0.29, 0.717) is 30.3 Å². The van der Waals surface area contributed by atoms with E-state index in [1.165, 1.54) is 9.58 Å². The number of piperidine rings is 1. The van der Waals surface area contributed by atoms with Crippen molar-refractivity contribution < 1.29 is 22.0 Å². The summed E-state index contributed by atoms with van der Waals surface area (Å²) in [4.78, 5) is 13.6. The van der Waals surface area contributed by atoms with Gasteiger partial charge in [-0.1, -0.05) is 0 Å². The molecular formula is C8H12N6O5S. The quantitative estimate of drug-likeness (QED) is 0.695. The Morgan fingerprint density at radius 3 is 2.75 bits per heavy atom. The zero-order chi connectivity index (χ0) is 14.5. The van der Waals surface area contributed by atoms with E-state index in [1.54, 1.807) is 7.05 Å². The maximum Gasteiger partial charge on any atom is 0.418 e. The molecule has 0 aromatic carbocycles. The van der Waals surface area contributed by atoms with E-state index in [9.17, 15) is 13.2 Å². The van der Waals surface area contributed by atoms with Crippen LogP contribution in [-0.2, 0) is 21.7 Å². The number of nitrogens with zero attached hydrogens (tertiary/aromatic N) is 6. The van der Waals surface area contributed by atoms with E-state index in [2.05, 4.69) is 19.8 Å². The molecule has 0 radical (unpaired) electrons. The lowest BCUT2D eigenvalue weighted by molar-refractivity contribution is -0.0317. The van der Waals surface area contributed by atoms with Crippen LogP contribution in [0.2, 0.25) is 0 Å². The zero-order valence-electron chi connectivity index (χ0n) is 10.4. The van der Waals surface area contributed by atoms with Gasteiger partial charge in [-0.3, -0.25) is 4.55 Å². The Kier molecular flexibility index (Phi) is 2.88. The average molecular weight is 304 g/mol. The number of amides is 2. The summed E-state index contributed by atoms with van der Waals surface area (Å²) in [6.45, 7) is 0.297. The van der Waals surface area contributed by atoms with Crippen molar-refractivity contribution in [3.63, 3.8) is 0 Å². The number of aromatic nitrogens is 4. The molecule has 2 fully saturated rings. The third-order valence-electron chi connectivity index (χ3n) is 3.45. The smallest absolute Gasteiger partial charge is 0.310 e. The van der Waals surface area contributed by atoms with E-state index in [-0.39, 0.29) is 6.04 Å². The molecule has 2 amide bonds. The predicted octanol–water partition coefficient (Wildman–Crippen LogP) is -1.11. The van der Waals surface area contributed by atoms with Gasteiger partial charge in [0.15, 0.2) is 5.82 Å². The minimum atomic E-state index is -4.73. The van der Waals surface area contributed by atoms with Gasteiger partial charge in [-0.2, -0.15) is 13.5 Å². The number of carbonyl (C=O) groups excluding carboxylic acids is 1. The maximum atomic E-state index is 12.2. The third-order valence-corrected chi connectivity index (χ3v) is 3.80. The Labute approximate surface area is 114 Å². The molecule has 0 aliphatic carbocycles. The van der Waals surface area contributed by atoms with Crippen molar-refractivity contribution in [2.75, 3.05) is 6.54 Å². The Bertz CT molecular complexity index is 644. The van der Waals surface area contributed by atoms with E-state index in [1.807, 2.05) is 0 Å². The summed E-state index contributed by atoms with van der Waals surface area (Å²) in [5, 5.41) is 11.8. The molecule has 2 saturated heterocycles. The fraction of sp³-hybridized carbons (Fsp3) is 0.750. The van der Waals surface area contributed by atoms with Gasteiger partial charge >= 0.3 is 16.4 Å². The summed E-state index contributed by atoms with van der Waals surface area (Å²) in [7, 11) is -3.06. The van der Waals surface area contributed by atoms with Crippen LogP contribution in [0, 0.1) is 0 Å². The minimum absolute atomic E-state index is 0.297. The number of hydrogen-bond acceptors (Lipinski definition) is 7. The molecule has 0 saturated carbocycles. The van der Waals surface area contributed by atoms with Gasteiger partial charge in [-0.05, 0) is 23.3 Å². The molecule has 110 valence electrons. The number of aryl methyl sites for hydroxylation is 1. The standard InChI is InChI=1S/C8H12N6O5S/c1-12-7(9-10-11-12)6-3-2-5-4-13(6)8(15)14(5)19-20(16,17)18/h5-6H,2-4H2,1H3,(H,16,17,18)/t5-,6+/m0/s1. The maximum absolute atomic E-state index is 12.2. The number of rotatable bonds is 3. The molecule has 2 aliphatic rings. The lowest BCUT2D eigenvalue weighted by Gasteiger charge is -2.28. The molecule has 0 spiro atoms. The van der Waals surface area contributed by atoms with Crippen molar-refractivity contribution >= 4 is 16.4 Å². The zero-order valence-corrected chi connectivity index (χ0v) is 11.3. The van der Waals surface area contributed by atoms with Gasteiger partial charge in [-0.25, -0.2) is 9.48 Å². The molecule has 1 N–H and O–H groups in total. The highest BCUT2D eigenvalue weighted by molar-refractivity contribution is 7.80. The lowest BCUT2D eigenvalue weighted by Crippen LogP contribution is -2.35. The summed E-state index contributed by atoms with van der Waals surface area (Å²) < 4.78 is 36.0. The summed E-state index contributed by atoms with van der Waals surface area (Å²) in [6, 6.07) is -1.38. The second kappa shape index (κ2) is 4.36. The molecule has 0 unspecified atom stereocenters. The molecule has 3 heterocycles. The van der Waals surface area contributed by atoms with Crippen molar-refractivity contribution in [1.82, 2.24) is 30.2 Å². The van der Waals surface area contributed by atoms with Crippen LogP contribution in [0.15, 0.2) is 0 Å². The second-order valence-electron chi connectivity index (χ2n) is 4.67. The van der Waals surface area contributed by atoms with Gasteiger partial charge in [0, 0.05) is 13.6 Å². The van der Waals surface area contributed by atoms with E-state index in [4.69, 9.17) is 4.55 Å². The first-order valence-electron chi connectivity index (χ1n) is 5.86. The SMILES string of the molecule is Cn1nnnc1[C@H]1CC[C@H]2CN1C(=O)N2OS(=O)(=O)O. The number of hydrogen-bond donors (Lipinski definition) is 1. The second-order valence-corrected chi connectivity index (χ2v) is 5.68. The highest BCUT2D eigenvalue weighted by Crippen LogP contribution is 2.37. The molecule has 2 aliphatic heterocycles. The first-order chi connectivity index (χ1) is 9.37. The van der Waals surface area contributed by atoms with E-state index >= 15 is 0 Å². The van der Waals surface area contributed by atoms with Gasteiger partial charge in [0.2, 0.25) is 0 Å². The number of carbonyl (C=O) groups is 1. The van der Waals surface area contributed by atoms with Crippen LogP contribution < -0.4 is 0 Å². The van der Waals surface area contributed by atoms with Gasteiger partial charge in [0.1, 0.15) is 0 Å². The Hall–Kier alpha value is -1.79. The summed E-state index contributed by atoms with van der Waals surface area (Å²) in [5.74, 6) is 0.519. The Morgan fingerprint density at radius 2 is 2.15 bits per heavy atom. The Balaban J connectivity index is 1.86. The molecule has 2 bridgehead atoms. The molecule has 3 rings (SSSR count). The highest BCUT2D eigenvalue weighted by Gasteiger charge is 2.48. The normalized spacial score (nSPS) is 26.4. The first-order valence-corrected chi connectivity index (χ1v) is 7.22. The van der Waals surface area contributed by atoms with Crippen LogP contribution in [0.5, 0.6) is 0 Å². The molecule has 2 atom stereocenters. The third kappa shape index (κ3) is 2.10. The molecular weight excluding hydrogens is 292 g/mol. The van der Waals surface area contributed by atoms with E-state index < -0.39 is 22.5 Å². The molecule has 20 heavy (non-hydrogen) atoms. The van der Waals surface area contributed by atoms with Gasteiger partial charge in [0.25, 0.3) is 0 Å².